The van der Waals surface area contributed by atoms with Crippen LogP contribution in [0.4, 0.5) is 0 Å². The van der Waals surface area contributed by atoms with Crippen molar-refractivity contribution in [2.45, 2.75) is 90.4 Å². The molecular weight excluding hydrogens is 363 g/mol. The van der Waals surface area contributed by atoms with E-state index >= 15 is 0 Å². The molecule has 1 aliphatic heterocycles. The van der Waals surface area contributed by atoms with E-state index in [2.05, 4.69) is 6.92 Å². The third-order valence-electron chi connectivity index (χ3n) is 6.01. The first-order chi connectivity index (χ1) is 13.7. The molecule has 2 nitrogen and oxygen atoms in total. The van der Waals surface area contributed by atoms with Crippen LogP contribution in [0.1, 0.15) is 90.4 Å². The summed E-state index contributed by atoms with van der Waals surface area (Å²) in [7, 11) is -2.46. The second-order valence-electron chi connectivity index (χ2n) is 8.40. The zero-order valence-corrected chi connectivity index (χ0v) is 18.5. The fourth-order valence-corrected chi connectivity index (χ4v) is 6.79. The SMILES string of the molecule is CCCCCCCCCCCCOc1ccc(P2(=O)C=C3CCCC3=C2)cc1. The Morgan fingerprint density at radius 3 is 1.89 bits per heavy atom. The number of unbranched alkanes of at least 4 members (excludes halogenated alkanes) is 9. The van der Waals surface area contributed by atoms with Crippen LogP contribution in [0, 0.1) is 0 Å². The molecule has 1 aliphatic carbocycles. The molecule has 2 aliphatic rings. The number of fused-ring (bicyclic) bond motifs is 1. The lowest BCUT2D eigenvalue weighted by Gasteiger charge is -2.10. The van der Waals surface area contributed by atoms with Gasteiger partial charge >= 0.3 is 0 Å². The Hall–Kier alpha value is -1.27. The van der Waals surface area contributed by atoms with Gasteiger partial charge in [0.2, 0.25) is 0 Å². The number of rotatable bonds is 13. The molecule has 0 amide bonds. The minimum Gasteiger partial charge on any atom is -0.494 e. The summed E-state index contributed by atoms with van der Waals surface area (Å²) < 4.78 is 19.1. The summed E-state index contributed by atoms with van der Waals surface area (Å²) in [6, 6.07) is 7.94. The molecule has 28 heavy (non-hydrogen) atoms. The van der Waals surface area contributed by atoms with Crippen molar-refractivity contribution in [3.8, 4) is 5.75 Å². The third-order valence-corrected chi connectivity index (χ3v) is 8.50. The Kier molecular flexibility index (Phi) is 8.46. The van der Waals surface area contributed by atoms with E-state index in [0.717, 1.165) is 36.9 Å². The summed E-state index contributed by atoms with van der Waals surface area (Å²) in [5.41, 5.74) is 2.65. The van der Waals surface area contributed by atoms with Crippen molar-refractivity contribution in [2.75, 3.05) is 6.61 Å². The highest BCUT2D eigenvalue weighted by atomic mass is 31.2. The predicted octanol–water partition coefficient (Wildman–Crippen LogP) is 7.94. The minimum atomic E-state index is -2.46. The number of hydrogen-bond acceptors (Lipinski definition) is 2. The second-order valence-corrected chi connectivity index (χ2v) is 10.8. The van der Waals surface area contributed by atoms with E-state index < -0.39 is 7.14 Å². The zero-order chi connectivity index (χ0) is 19.7. The second kappa shape index (κ2) is 11.1. The first kappa shape index (κ1) is 21.4. The molecule has 1 aromatic carbocycles. The van der Waals surface area contributed by atoms with Crippen molar-refractivity contribution in [1.29, 1.82) is 0 Å². The van der Waals surface area contributed by atoms with Gasteiger partial charge in [-0.25, -0.2) is 0 Å². The van der Waals surface area contributed by atoms with Crippen molar-refractivity contribution < 1.29 is 9.30 Å². The van der Waals surface area contributed by atoms with Crippen LogP contribution in [-0.4, -0.2) is 6.61 Å². The van der Waals surface area contributed by atoms with Gasteiger partial charge in [-0.1, -0.05) is 64.7 Å². The molecule has 0 atom stereocenters. The van der Waals surface area contributed by atoms with Gasteiger partial charge in [-0.05, 0) is 72.7 Å². The Morgan fingerprint density at radius 2 is 1.32 bits per heavy atom. The van der Waals surface area contributed by atoms with Crippen LogP contribution < -0.4 is 10.0 Å². The van der Waals surface area contributed by atoms with E-state index in [1.54, 1.807) is 0 Å². The predicted molar refractivity (Wildman–Crippen MR) is 121 cm³/mol. The average molecular weight is 401 g/mol. The maximum atomic E-state index is 13.2. The highest BCUT2D eigenvalue weighted by molar-refractivity contribution is 7.77. The van der Waals surface area contributed by atoms with Gasteiger partial charge in [0.15, 0.2) is 7.14 Å². The number of benzene rings is 1. The molecule has 1 aromatic rings. The maximum absolute atomic E-state index is 13.2. The Morgan fingerprint density at radius 1 is 0.786 bits per heavy atom. The lowest BCUT2D eigenvalue weighted by Crippen LogP contribution is -2.02. The van der Waals surface area contributed by atoms with Crippen LogP contribution in [0.15, 0.2) is 47.0 Å². The van der Waals surface area contributed by atoms with E-state index in [1.165, 1.54) is 75.4 Å². The molecular formula is C25H37O2P. The fraction of sp³-hybridized carbons (Fsp3) is 0.600. The molecule has 0 N–H and O–H groups in total. The molecule has 3 rings (SSSR count). The molecule has 3 heteroatoms. The van der Waals surface area contributed by atoms with Gasteiger partial charge < -0.3 is 9.30 Å². The van der Waals surface area contributed by atoms with Gasteiger partial charge in [-0.3, -0.25) is 0 Å². The van der Waals surface area contributed by atoms with Gasteiger partial charge in [0.25, 0.3) is 0 Å². The Bertz CT molecular complexity index is 691. The normalized spacial score (nSPS) is 17.3. The molecule has 1 fully saturated rings. The first-order valence-corrected chi connectivity index (χ1v) is 13.3. The smallest absolute Gasteiger partial charge is 0.157 e. The minimum absolute atomic E-state index is 0.779. The molecule has 0 spiro atoms. The van der Waals surface area contributed by atoms with Gasteiger partial charge in [0.1, 0.15) is 5.75 Å². The average Bonchev–Trinajstić information content (AvgIpc) is 3.25. The van der Waals surface area contributed by atoms with Gasteiger partial charge in [0.05, 0.1) is 6.61 Å². The van der Waals surface area contributed by atoms with Gasteiger partial charge in [-0.2, -0.15) is 0 Å². The Labute approximate surface area is 171 Å². The largest absolute Gasteiger partial charge is 0.494 e. The number of allylic oxidation sites excluding steroid dienone is 2. The van der Waals surface area contributed by atoms with Crippen molar-refractivity contribution in [3.05, 3.63) is 47.0 Å². The van der Waals surface area contributed by atoms with Crippen LogP contribution in [0.5, 0.6) is 5.75 Å². The summed E-state index contributed by atoms with van der Waals surface area (Å²) in [4.78, 5) is 0. The molecule has 0 bridgehead atoms. The van der Waals surface area contributed by atoms with Crippen LogP contribution in [0.25, 0.3) is 0 Å². The van der Waals surface area contributed by atoms with Gasteiger partial charge in [0, 0.05) is 5.30 Å². The van der Waals surface area contributed by atoms with E-state index in [4.69, 9.17) is 4.74 Å². The van der Waals surface area contributed by atoms with Crippen LogP contribution in [0.3, 0.4) is 0 Å². The summed E-state index contributed by atoms with van der Waals surface area (Å²) >= 11 is 0. The highest BCUT2D eigenvalue weighted by Gasteiger charge is 2.30. The molecule has 0 radical (unpaired) electrons. The first-order valence-electron chi connectivity index (χ1n) is 11.5. The quantitative estimate of drug-likeness (QED) is 0.248. The van der Waals surface area contributed by atoms with E-state index in [-0.39, 0.29) is 0 Å². The third kappa shape index (κ3) is 6.11. The monoisotopic (exact) mass is 400 g/mol. The van der Waals surface area contributed by atoms with Crippen molar-refractivity contribution >= 4 is 12.4 Å². The number of hydrogen-bond donors (Lipinski definition) is 0. The molecule has 1 heterocycles. The summed E-state index contributed by atoms with van der Waals surface area (Å²) in [6.45, 7) is 3.05. The Balaban J connectivity index is 1.30. The summed E-state index contributed by atoms with van der Waals surface area (Å²) in [5, 5.41) is 0.938. The van der Waals surface area contributed by atoms with Crippen LogP contribution in [-0.2, 0) is 4.57 Å². The van der Waals surface area contributed by atoms with Crippen LogP contribution in [0.2, 0.25) is 0 Å². The van der Waals surface area contributed by atoms with Crippen LogP contribution >= 0.6 is 7.14 Å². The summed E-state index contributed by atoms with van der Waals surface area (Å²) in [6.07, 6.45) is 16.8. The fourth-order valence-electron chi connectivity index (χ4n) is 4.29. The highest BCUT2D eigenvalue weighted by Crippen LogP contribution is 2.58. The lowest BCUT2D eigenvalue weighted by atomic mass is 10.1. The standard InChI is InChI=1S/C25H37O2P/c1-2-3-4-5-6-7-8-9-10-11-19-27-24-15-17-25(18-16-24)28(26)20-22-13-12-14-23(22)21-28/h15-18,20-21H,2-14,19H2,1H3. The maximum Gasteiger partial charge on any atom is 0.157 e. The van der Waals surface area contributed by atoms with E-state index in [9.17, 15) is 4.57 Å². The zero-order valence-electron chi connectivity index (χ0n) is 17.6. The van der Waals surface area contributed by atoms with Gasteiger partial charge in [-0.15, -0.1) is 0 Å². The molecule has 0 unspecified atom stereocenters. The van der Waals surface area contributed by atoms with E-state index in [0.29, 0.717) is 0 Å². The van der Waals surface area contributed by atoms with Crippen molar-refractivity contribution in [1.82, 2.24) is 0 Å². The lowest BCUT2D eigenvalue weighted by molar-refractivity contribution is 0.304. The topological polar surface area (TPSA) is 26.3 Å². The molecule has 0 aromatic heterocycles. The van der Waals surface area contributed by atoms with Crippen molar-refractivity contribution in [2.24, 2.45) is 0 Å². The summed E-state index contributed by atoms with van der Waals surface area (Å²) in [5.74, 6) is 4.97. The molecule has 1 saturated carbocycles. The molecule has 154 valence electrons. The van der Waals surface area contributed by atoms with E-state index in [1.807, 2.05) is 35.9 Å². The molecule has 0 saturated heterocycles. The number of ether oxygens (including phenoxy) is 1. The van der Waals surface area contributed by atoms with Crippen molar-refractivity contribution in [3.63, 3.8) is 0 Å².